The molecule has 1 rings (SSSR count). The largest absolute Gasteiger partial charge is 0.496 e. The third-order valence-corrected chi connectivity index (χ3v) is 3.23. The number of aliphatic carboxylic acids is 1. The van der Waals surface area contributed by atoms with Crippen LogP contribution in [0.3, 0.4) is 0 Å². The van der Waals surface area contributed by atoms with Crippen LogP contribution in [-0.2, 0) is 10.2 Å². The summed E-state index contributed by atoms with van der Waals surface area (Å²) in [6, 6.07) is 5.82. The van der Waals surface area contributed by atoms with Gasteiger partial charge in [0.2, 0.25) is 0 Å². The molecule has 0 amide bonds. The molecule has 0 atom stereocenters. The van der Waals surface area contributed by atoms with E-state index in [9.17, 15) is 4.79 Å². The molecule has 18 heavy (non-hydrogen) atoms. The Balaban J connectivity index is 2.88. The highest BCUT2D eigenvalue weighted by Gasteiger charge is 2.24. The molecule has 0 saturated carbocycles. The van der Waals surface area contributed by atoms with Crippen LogP contribution in [0.15, 0.2) is 22.7 Å². The van der Waals surface area contributed by atoms with Crippen LogP contribution in [0.5, 0.6) is 5.75 Å². The minimum absolute atomic E-state index is 0.0419. The third-order valence-electron chi connectivity index (χ3n) is 2.73. The van der Waals surface area contributed by atoms with Crippen LogP contribution in [0, 0.1) is 0 Å². The molecule has 0 aromatic heterocycles. The average molecular weight is 316 g/mol. The van der Waals surface area contributed by atoms with Crippen LogP contribution in [0.25, 0.3) is 0 Å². The number of carboxylic acid groups (broad SMARTS) is 1. The Morgan fingerprint density at radius 1 is 1.50 bits per heavy atom. The van der Waals surface area contributed by atoms with Crippen LogP contribution >= 0.6 is 15.9 Å². The van der Waals surface area contributed by atoms with Crippen molar-refractivity contribution in [3.8, 4) is 5.75 Å². The number of methoxy groups -OCH3 is 1. The summed E-state index contributed by atoms with van der Waals surface area (Å²) in [5.74, 6) is -0.0488. The number of hydrogen-bond acceptors (Lipinski definition) is 3. The summed E-state index contributed by atoms with van der Waals surface area (Å²) in [6.45, 7) is 4.62. The summed E-state index contributed by atoms with van der Waals surface area (Å²) in [5, 5.41) is 11.6. The smallest absolute Gasteiger partial charge is 0.317 e. The molecular formula is C13H18BrNO3. The van der Waals surface area contributed by atoms with E-state index in [1.807, 2.05) is 32.0 Å². The lowest BCUT2D eigenvalue weighted by Gasteiger charge is -2.27. The fourth-order valence-corrected chi connectivity index (χ4v) is 2.15. The standard InChI is InChI=1S/C13H18BrNO3/c1-13(2,8-15-7-12(16)17)10-6-9(14)4-5-11(10)18-3/h4-6,15H,7-8H2,1-3H3,(H,16,17). The maximum Gasteiger partial charge on any atom is 0.317 e. The maximum absolute atomic E-state index is 10.5. The molecule has 0 heterocycles. The zero-order chi connectivity index (χ0) is 13.8. The van der Waals surface area contributed by atoms with Crippen molar-refractivity contribution < 1.29 is 14.6 Å². The van der Waals surface area contributed by atoms with Gasteiger partial charge in [-0.1, -0.05) is 29.8 Å². The van der Waals surface area contributed by atoms with Crippen molar-refractivity contribution in [2.75, 3.05) is 20.2 Å². The molecule has 0 aliphatic rings. The Labute approximate surface area is 115 Å². The van der Waals surface area contributed by atoms with E-state index >= 15 is 0 Å². The summed E-state index contributed by atoms with van der Waals surface area (Å²) in [5.41, 5.74) is 0.821. The number of nitrogens with one attached hydrogen (secondary N) is 1. The molecule has 0 unspecified atom stereocenters. The molecule has 0 fully saturated rings. The second-order valence-corrected chi connectivity index (χ2v) is 5.64. The summed E-state index contributed by atoms with van der Waals surface area (Å²) < 4.78 is 6.33. The second kappa shape index (κ2) is 6.20. The van der Waals surface area contributed by atoms with Gasteiger partial charge in [0.05, 0.1) is 13.7 Å². The van der Waals surface area contributed by atoms with Crippen molar-refractivity contribution in [2.24, 2.45) is 0 Å². The molecule has 0 saturated heterocycles. The Bertz CT molecular complexity index is 432. The lowest BCUT2D eigenvalue weighted by atomic mass is 9.84. The highest BCUT2D eigenvalue weighted by molar-refractivity contribution is 9.10. The Hall–Kier alpha value is -1.07. The van der Waals surface area contributed by atoms with Gasteiger partial charge in [0.25, 0.3) is 0 Å². The number of rotatable bonds is 6. The van der Waals surface area contributed by atoms with E-state index < -0.39 is 5.97 Å². The molecule has 0 aliphatic heterocycles. The highest BCUT2D eigenvalue weighted by Crippen LogP contribution is 2.33. The van der Waals surface area contributed by atoms with E-state index in [1.54, 1.807) is 7.11 Å². The van der Waals surface area contributed by atoms with Gasteiger partial charge >= 0.3 is 5.97 Å². The fourth-order valence-electron chi connectivity index (χ4n) is 1.79. The molecule has 4 nitrogen and oxygen atoms in total. The zero-order valence-corrected chi connectivity index (χ0v) is 12.4. The predicted octanol–water partition coefficient (Wildman–Crippen LogP) is 2.41. The number of hydrogen-bond donors (Lipinski definition) is 2. The van der Waals surface area contributed by atoms with Crippen LogP contribution in [-0.4, -0.2) is 31.3 Å². The molecule has 1 aromatic carbocycles. The molecule has 0 spiro atoms. The van der Waals surface area contributed by atoms with Gasteiger partial charge in [-0.3, -0.25) is 4.79 Å². The van der Waals surface area contributed by atoms with Gasteiger partial charge in [0, 0.05) is 22.0 Å². The number of ether oxygens (including phenoxy) is 1. The van der Waals surface area contributed by atoms with Gasteiger partial charge in [-0.25, -0.2) is 0 Å². The first-order valence-electron chi connectivity index (χ1n) is 5.63. The van der Waals surface area contributed by atoms with E-state index in [0.717, 1.165) is 15.8 Å². The molecule has 0 aliphatic carbocycles. The number of carbonyl (C=O) groups is 1. The molecule has 0 radical (unpaired) electrons. The lowest BCUT2D eigenvalue weighted by Crippen LogP contribution is -2.36. The van der Waals surface area contributed by atoms with Crippen LogP contribution in [0.2, 0.25) is 0 Å². The van der Waals surface area contributed by atoms with Crippen LogP contribution in [0.4, 0.5) is 0 Å². The van der Waals surface area contributed by atoms with E-state index in [1.165, 1.54) is 0 Å². The monoisotopic (exact) mass is 315 g/mol. The fraction of sp³-hybridized carbons (Fsp3) is 0.462. The molecular weight excluding hydrogens is 298 g/mol. The van der Waals surface area contributed by atoms with Crippen molar-refractivity contribution in [3.05, 3.63) is 28.2 Å². The number of benzene rings is 1. The first-order valence-corrected chi connectivity index (χ1v) is 6.42. The van der Waals surface area contributed by atoms with E-state index in [2.05, 4.69) is 21.2 Å². The van der Waals surface area contributed by atoms with Gasteiger partial charge in [0.1, 0.15) is 5.75 Å². The van der Waals surface area contributed by atoms with Crippen molar-refractivity contribution in [1.82, 2.24) is 5.32 Å². The first kappa shape index (κ1) is 15.0. The normalized spacial score (nSPS) is 11.3. The summed E-state index contributed by atoms with van der Waals surface area (Å²) in [6.07, 6.45) is 0. The van der Waals surface area contributed by atoms with Gasteiger partial charge in [0.15, 0.2) is 0 Å². The van der Waals surface area contributed by atoms with Crippen molar-refractivity contribution in [2.45, 2.75) is 19.3 Å². The summed E-state index contributed by atoms with van der Waals surface area (Å²) in [7, 11) is 1.63. The number of carboxylic acids is 1. The molecule has 5 heteroatoms. The molecule has 1 aromatic rings. The topological polar surface area (TPSA) is 58.6 Å². The number of halogens is 1. The highest BCUT2D eigenvalue weighted by atomic mass is 79.9. The quantitative estimate of drug-likeness (QED) is 0.846. The SMILES string of the molecule is COc1ccc(Br)cc1C(C)(C)CNCC(=O)O. The van der Waals surface area contributed by atoms with Gasteiger partial charge in [-0.15, -0.1) is 0 Å². The Morgan fingerprint density at radius 2 is 2.17 bits per heavy atom. The average Bonchev–Trinajstić information content (AvgIpc) is 2.28. The molecule has 100 valence electrons. The Kier molecular flexibility index (Phi) is 5.16. The van der Waals surface area contributed by atoms with Crippen molar-refractivity contribution in [1.29, 1.82) is 0 Å². The van der Waals surface area contributed by atoms with Crippen LogP contribution < -0.4 is 10.1 Å². The van der Waals surface area contributed by atoms with E-state index in [0.29, 0.717) is 6.54 Å². The minimum atomic E-state index is -0.855. The van der Waals surface area contributed by atoms with E-state index in [-0.39, 0.29) is 12.0 Å². The molecule has 2 N–H and O–H groups in total. The third kappa shape index (κ3) is 3.99. The zero-order valence-electron chi connectivity index (χ0n) is 10.8. The second-order valence-electron chi connectivity index (χ2n) is 4.73. The maximum atomic E-state index is 10.5. The van der Waals surface area contributed by atoms with Crippen molar-refractivity contribution >= 4 is 21.9 Å². The predicted molar refractivity (Wildman–Crippen MR) is 74.2 cm³/mol. The van der Waals surface area contributed by atoms with Gasteiger partial charge in [-0.2, -0.15) is 0 Å². The van der Waals surface area contributed by atoms with Crippen molar-refractivity contribution in [3.63, 3.8) is 0 Å². The van der Waals surface area contributed by atoms with Gasteiger partial charge < -0.3 is 15.2 Å². The summed E-state index contributed by atoms with van der Waals surface area (Å²) in [4.78, 5) is 10.5. The lowest BCUT2D eigenvalue weighted by molar-refractivity contribution is -0.136. The first-order chi connectivity index (χ1) is 8.36. The molecule has 0 bridgehead atoms. The van der Waals surface area contributed by atoms with Crippen LogP contribution in [0.1, 0.15) is 19.4 Å². The van der Waals surface area contributed by atoms with E-state index in [4.69, 9.17) is 9.84 Å². The Morgan fingerprint density at radius 3 is 2.72 bits per heavy atom. The van der Waals surface area contributed by atoms with Gasteiger partial charge in [-0.05, 0) is 18.2 Å². The minimum Gasteiger partial charge on any atom is -0.496 e. The summed E-state index contributed by atoms with van der Waals surface area (Å²) >= 11 is 3.44.